The predicted octanol–water partition coefficient (Wildman–Crippen LogP) is 2.97. The number of hydrogen-bond donors (Lipinski definition) is 1. The summed E-state index contributed by atoms with van der Waals surface area (Å²) in [6.07, 6.45) is 3.89. The molecule has 1 aliphatic heterocycles. The Morgan fingerprint density at radius 1 is 1.10 bits per heavy atom. The molecule has 1 aromatic heterocycles. The van der Waals surface area contributed by atoms with Crippen LogP contribution in [0.1, 0.15) is 24.8 Å². The van der Waals surface area contributed by atoms with Gasteiger partial charge in [-0.2, -0.15) is 5.10 Å². The minimum Gasteiger partial charge on any atom is -0.384 e. The number of nitrogens with two attached hydrogens (primary N) is 1. The zero-order chi connectivity index (χ0) is 14.1. The van der Waals surface area contributed by atoms with Gasteiger partial charge in [0, 0.05) is 37.5 Å². The van der Waals surface area contributed by atoms with Crippen molar-refractivity contribution in [1.82, 2.24) is 9.78 Å². The summed E-state index contributed by atoms with van der Waals surface area (Å²) in [5.74, 6) is 0.700. The van der Waals surface area contributed by atoms with E-state index in [-0.39, 0.29) is 0 Å². The zero-order valence-electron chi connectivity index (χ0n) is 12.3. The topological polar surface area (TPSA) is 47.1 Å². The highest BCUT2D eigenvalue weighted by Gasteiger charge is 2.17. The van der Waals surface area contributed by atoms with E-state index >= 15 is 0 Å². The molecule has 3 rings (SSSR count). The maximum atomic E-state index is 5.93. The van der Waals surface area contributed by atoms with Crippen molar-refractivity contribution in [3.63, 3.8) is 0 Å². The second-order valence-electron chi connectivity index (χ2n) is 5.65. The first kappa shape index (κ1) is 13.0. The van der Waals surface area contributed by atoms with Gasteiger partial charge in [0.2, 0.25) is 0 Å². The fourth-order valence-corrected chi connectivity index (χ4v) is 2.88. The van der Waals surface area contributed by atoms with Crippen molar-refractivity contribution in [1.29, 1.82) is 0 Å². The van der Waals surface area contributed by atoms with Crippen molar-refractivity contribution < 1.29 is 0 Å². The molecule has 0 radical (unpaired) electrons. The Morgan fingerprint density at radius 3 is 2.50 bits per heavy atom. The largest absolute Gasteiger partial charge is 0.384 e. The summed E-state index contributed by atoms with van der Waals surface area (Å²) in [6.45, 7) is 4.40. The van der Waals surface area contributed by atoms with Crippen LogP contribution in [0.2, 0.25) is 0 Å². The molecular weight excluding hydrogens is 248 g/mol. The normalized spacial score (nSPS) is 15.6. The van der Waals surface area contributed by atoms with Crippen LogP contribution in [0.15, 0.2) is 24.3 Å². The Hall–Kier alpha value is -1.97. The van der Waals surface area contributed by atoms with Crippen LogP contribution in [-0.2, 0) is 7.05 Å². The molecule has 20 heavy (non-hydrogen) atoms. The lowest BCUT2D eigenvalue weighted by molar-refractivity contribution is 0.578. The summed E-state index contributed by atoms with van der Waals surface area (Å²) in [5, 5.41) is 4.54. The smallest absolute Gasteiger partial charge is 0.121 e. The lowest BCUT2D eigenvalue weighted by Gasteiger charge is -2.30. The molecule has 0 bridgehead atoms. The Kier molecular flexibility index (Phi) is 3.38. The van der Waals surface area contributed by atoms with E-state index in [4.69, 9.17) is 5.73 Å². The van der Waals surface area contributed by atoms with Crippen LogP contribution in [0.4, 0.5) is 11.5 Å². The maximum Gasteiger partial charge on any atom is 0.121 e. The number of piperidine rings is 1. The Morgan fingerprint density at radius 2 is 1.85 bits per heavy atom. The fourth-order valence-electron chi connectivity index (χ4n) is 2.88. The van der Waals surface area contributed by atoms with Crippen molar-refractivity contribution in [2.45, 2.75) is 26.2 Å². The number of nitrogen functional groups attached to an aromatic ring is 1. The SMILES string of the molecule is Cc1ccc(N2CCCCC2)c(-c2cc(N)n(C)n2)c1. The average molecular weight is 270 g/mol. The number of anilines is 2. The van der Waals surface area contributed by atoms with Gasteiger partial charge in [-0.1, -0.05) is 11.6 Å². The molecule has 0 saturated carbocycles. The summed E-state index contributed by atoms with van der Waals surface area (Å²) in [4.78, 5) is 2.48. The van der Waals surface area contributed by atoms with Crippen LogP contribution in [0.25, 0.3) is 11.3 Å². The van der Waals surface area contributed by atoms with Crippen LogP contribution in [0, 0.1) is 6.92 Å². The van der Waals surface area contributed by atoms with Crippen molar-refractivity contribution in [3.8, 4) is 11.3 Å². The average Bonchev–Trinajstić information content (AvgIpc) is 2.79. The van der Waals surface area contributed by atoms with E-state index in [0.717, 1.165) is 18.8 Å². The van der Waals surface area contributed by atoms with Gasteiger partial charge in [-0.25, -0.2) is 0 Å². The third kappa shape index (κ3) is 2.38. The molecule has 1 saturated heterocycles. The molecule has 0 spiro atoms. The minimum atomic E-state index is 0.700. The third-order valence-electron chi connectivity index (χ3n) is 4.04. The number of rotatable bonds is 2. The van der Waals surface area contributed by atoms with Crippen LogP contribution < -0.4 is 10.6 Å². The highest BCUT2D eigenvalue weighted by atomic mass is 15.3. The van der Waals surface area contributed by atoms with Gasteiger partial charge in [0.25, 0.3) is 0 Å². The monoisotopic (exact) mass is 270 g/mol. The van der Waals surface area contributed by atoms with Gasteiger partial charge in [0.05, 0.1) is 5.69 Å². The second-order valence-corrected chi connectivity index (χ2v) is 5.65. The van der Waals surface area contributed by atoms with E-state index in [1.807, 2.05) is 13.1 Å². The molecule has 0 unspecified atom stereocenters. The van der Waals surface area contributed by atoms with E-state index in [0.29, 0.717) is 5.82 Å². The summed E-state index contributed by atoms with van der Waals surface area (Å²) in [6, 6.07) is 8.58. The van der Waals surface area contributed by atoms with Crippen LogP contribution in [0.5, 0.6) is 0 Å². The van der Waals surface area contributed by atoms with Crippen molar-refractivity contribution >= 4 is 11.5 Å². The molecule has 4 nitrogen and oxygen atoms in total. The Labute approximate surface area is 120 Å². The van der Waals surface area contributed by atoms with E-state index in [2.05, 4.69) is 35.1 Å². The van der Waals surface area contributed by atoms with Gasteiger partial charge in [-0.3, -0.25) is 4.68 Å². The quantitative estimate of drug-likeness (QED) is 0.912. The van der Waals surface area contributed by atoms with Gasteiger partial charge in [0.15, 0.2) is 0 Å². The van der Waals surface area contributed by atoms with Crippen molar-refractivity contribution in [2.75, 3.05) is 23.7 Å². The number of hydrogen-bond acceptors (Lipinski definition) is 3. The van der Waals surface area contributed by atoms with E-state index in [1.54, 1.807) is 4.68 Å². The lowest BCUT2D eigenvalue weighted by atomic mass is 10.0. The minimum absolute atomic E-state index is 0.700. The molecule has 2 heterocycles. The van der Waals surface area contributed by atoms with Gasteiger partial charge in [0.1, 0.15) is 5.82 Å². The highest BCUT2D eigenvalue weighted by Crippen LogP contribution is 2.33. The summed E-state index contributed by atoms with van der Waals surface area (Å²) in [5.41, 5.74) is 10.6. The fraction of sp³-hybridized carbons (Fsp3) is 0.438. The van der Waals surface area contributed by atoms with Crippen molar-refractivity contribution in [3.05, 3.63) is 29.8 Å². The van der Waals surface area contributed by atoms with Gasteiger partial charge in [-0.05, 0) is 38.3 Å². The van der Waals surface area contributed by atoms with Crippen LogP contribution >= 0.6 is 0 Å². The Bertz CT molecular complexity index is 589. The molecule has 106 valence electrons. The number of aryl methyl sites for hydroxylation is 2. The van der Waals surface area contributed by atoms with Gasteiger partial charge < -0.3 is 10.6 Å². The predicted molar refractivity (Wildman–Crippen MR) is 83.9 cm³/mol. The standard InChI is InChI=1S/C16H22N4/c1-12-6-7-15(20-8-4-3-5-9-20)13(10-12)14-11-16(17)19(2)18-14/h6-7,10-11H,3-5,8-9,17H2,1-2H3. The number of benzene rings is 1. The highest BCUT2D eigenvalue weighted by molar-refractivity contribution is 5.78. The lowest BCUT2D eigenvalue weighted by Crippen LogP contribution is -2.29. The molecular formula is C16H22N4. The maximum absolute atomic E-state index is 5.93. The molecule has 0 aliphatic carbocycles. The summed E-state index contributed by atoms with van der Waals surface area (Å²) < 4.78 is 1.73. The first-order chi connectivity index (χ1) is 9.65. The third-order valence-corrected chi connectivity index (χ3v) is 4.04. The van der Waals surface area contributed by atoms with E-state index < -0.39 is 0 Å². The van der Waals surface area contributed by atoms with Crippen LogP contribution in [-0.4, -0.2) is 22.9 Å². The second kappa shape index (κ2) is 5.19. The molecule has 1 aromatic carbocycles. The summed E-state index contributed by atoms with van der Waals surface area (Å²) >= 11 is 0. The molecule has 0 atom stereocenters. The van der Waals surface area contributed by atoms with E-state index in [1.165, 1.54) is 36.1 Å². The van der Waals surface area contributed by atoms with Gasteiger partial charge >= 0.3 is 0 Å². The molecule has 0 amide bonds. The first-order valence-corrected chi connectivity index (χ1v) is 7.30. The molecule has 2 aromatic rings. The zero-order valence-corrected chi connectivity index (χ0v) is 12.3. The number of nitrogens with zero attached hydrogens (tertiary/aromatic N) is 3. The molecule has 4 heteroatoms. The Balaban J connectivity index is 2.05. The van der Waals surface area contributed by atoms with Crippen LogP contribution in [0.3, 0.4) is 0 Å². The van der Waals surface area contributed by atoms with Crippen molar-refractivity contribution in [2.24, 2.45) is 7.05 Å². The molecule has 1 fully saturated rings. The molecule has 1 aliphatic rings. The van der Waals surface area contributed by atoms with E-state index in [9.17, 15) is 0 Å². The summed E-state index contributed by atoms with van der Waals surface area (Å²) in [7, 11) is 1.88. The number of aromatic nitrogens is 2. The first-order valence-electron chi connectivity index (χ1n) is 7.30. The van der Waals surface area contributed by atoms with Gasteiger partial charge in [-0.15, -0.1) is 0 Å². The molecule has 2 N–H and O–H groups in total.